The largest absolute Gasteiger partial charge is 0.354 e. The van der Waals surface area contributed by atoms with Crippen LogP contribution in [0.15, 0.2) is 158 Å². The first kappa shape index (κ1) is 35.1. The van der Waals surface area contributed by atoms with Crippen LogP contribution in [0, 0.1) is 0 Å². The minimum atomic E-state index is -2.58. The van der Waals surface area contributed by atoms with Gasteiger partial charge in [-0.2, -0.15) is 13.8 Å². The predicted octanol–water partition coefficient (Wildman–Crippen LogP) is 11.0. The van der Waals surface area contributed by atoms with Gasteiger partial charge < -0.3 is 5.32 Å². The van der Waals surface area contributed by atoms with Gasteiger partial charge in [0.05, 0.1) is 64.3 Å². The van der Waals surface area contributed by atoms with E-state index in [2.05, 4.69) is 34.2 Å². The van der Waals surface area contributed by atoms with E-state index >= 15 is 0 Å². The quantitative estimate of drug-likeness (QED) is 0.174. The zero-order valence-electron chi connectivity index (χ0n) is 27.9. The number of rotatable bonds is 6. The Hall–Kier alpha value is -5.33. The van der Waals surface area contributed by atoms with Crippen LogP contribution in [0.3, 0.4) is 0 Å². The minimum Gasteiger partial charge on any atom is -0.354 e. The molecule has 8 rings (SSSR count). The van der Waals surface area contributed by atoms with Crippen LogP contribution in [0.5, 0.6) is 0 Å². The van der Waals surface area contributed by atoms with Crippen LogP contribution < -0.4 is 5.32 Å². The lowest BCUT2D eigenvalue weighted by atomic mass is 10.1. The van der Waals surface area contributed by atoms with Crippen LogP contribution >= 0.6 is 23.2 Å². The molecule has 0 saturated carbocycles. The molecule has 8 aromatic rings. The van der Waals surface area contributed by atoms with Gasteiger partial charge >= 0.3 is 0 Å². The topological polar surface area (TPSA) is 125 Å². The molecule has 0 unspecified atom stereocenters. The van der Waals surface area contributed by atoms with Crippen molar-refractivity contribution in [1.29, 1.82) is 0 Å². The summed E-state index contributed by atoms with van der Waals surface area (Å²) in [6.45, 7) is 0. The van der Waals surface area contributed by atoms with Gasteiger partial charge in [0.1, 0.15) is 0 Å². The highest BCUT2D eigenvalue weighted by Crippen LogP contribution is 2.34. The molecule has 5 aromatic carbocycles. The number of benzene rings is 5. The number of hydrogen-bond donors (Lipinski definition) is 2. The Balaban J connectivity index is 0.000000175. The normalized spacial score (nSPS) is 13.5. The van der Waals surface area contributed by atoms with E-state index in [0.29, 0.717) is 31.2 Å². The molecule has 0 aliphatic rings. The third kappa shape index (κ3) is 7.78. The molecule has 0 aliphatic heterocycles. The molecule has 0 saturated heterocycles. The van der Waals surface area contributed by atoms with Crippen molar-refractivity contribution in [2.75, 3.05) is 17.8 Å². The van der Waals surface area contributed by atoms with E-state index in [-0.39, 0.29) is 0 Å². The molecule has 3 heterocycles. The highest BCUT2D eigenvalue weighted by atomic mass is 35.5. The first-order valence-corrected chi connectivity index (χ1v) is 20.5. The second kappa shape index (κ2) is 14.7. The molecular weight excluding hydrogens is 734 g/mol. The van der Waals surface area contributed by atoms with Crippen LogP contribution in [0.4, 0.5) is 22.7 Å². The van der Waals surface area contributed by atoms with Gasteiger partial charge in [-0.15, -0.1) is 0 Å². The summed E-state index contributed by atoms with van der Waals surface area (Å²) < 4.78 is 34.9. The van der Waals surface area contributed by atoms with Gasteiger partial charge in [0.15, 0.2) is 0 Å². The maximum Gasteiger partial charge on any atom is 0.0771 e. The van der Waals surface area contributed by atoms with Gasteiger partial charge in [0.2, 0.25) is 0 Å². The van der Waals surface area contributed by atoms with Crippen molar-refractivity contribution in [3.63, 3.8) is 0 Å². The van der Waals surface area contributed by atoms with Gasteiger partial charge in [0, 0.05) is 61.6 Å². The monoisotopic (exact) mass is 763 g/mol. The first-order valence-electron chi connectivity index (χ1n) is 15.9. The van der Waals surface area contributed by atoms with E-state index in [9.17, 15) is 8.42 Å². The van der Waals surface area contributed by atoms with E-state index in [1.54, 1.807) is 43.2 Å². The number of hydrogen-bond acceptors (Lipinski definition) is 8. The number of anilines is 2. The molecule has 2 atom stereocenters. The Morgan fingerprint density at radius 2 is 1.17 bits per heavy atom. The minimum absolute atomic E-state index is 0.599. The lowest BCUT2D eigenvalue weighted by molar-refractivity contribution is 0.680. The van der Waals surface area contributed by atoms with E-state index in [0.717, 1.165) is 44.1 Å². The van der Waals surface area contributed by atoms with E-state index in [1.807, 2.05) is 109 Å². The Bertz CT molecular complexity index is 2830. The molecule has 2 N–H and O–H groups in total. The SMILES string of the molecule is C[S@](=O)(=Nc1ccc2nccc(Cl)c2c1)c1ccccc1.C[S@](=O)(=Nc1ccc2nccc(Nc3cc(Cl)cc4[nH]ncc34)c2c1)c1ccccc1. The molecule has 0 radical (unpaired) electrons. The molecule has 0 spiro atoms. The third-order valence-corrected chi connectivity index (χ3v) is 12.1. The molecule has 260 valence electrons. The van der Waals surface area contributed by atoms with Crippen molar-refractivity contribution < 1.29 is 8.42 Å². The number of nitrogens with zero attached hydrogens (tertiary/aromatic N) is 5. The molecular formula is C39H31Cl2N7O2S2. The molecule has 13 heteroatoms. The highest BCUT2D eigenvalue weighted by Gasteiger charge is 2.11. The Morgan fingerprint density at radius 3 is 1.79 bits per heavy atom. The molecule has 0 amide bonds. The summed E-state index contributed by atoms with van der Waals surface area (Å²) in [5, 5.41) is 14.3. The summed E-state index contributed by atoms with van der Waals surface area (Å²) in [5.74, 6) is 0. The number of H-pyrrole nitrogens is 1. The molecule has 0 aliphatic carbocycles. The summed E-state index contributed by atoms with van der Waals surface area (Å²) in [7, 11) is -5.06. The molecule has 0 bridgehead atoms. The smallest absolute Gasteiger partial charge is 0.0771 e. The second-order valence-electron chi connectivity index (χ2n) is 11.9. The maximum atomic E-state index is 13.2. The summed E-state index contributed by atoms with van der Waals surface area (Å²) in [5.41, 5.74) is 5.37. The summed E-state index contributed by atoms with van der Waals surface area (Å²) in [6, 6.07) is 36.9. The predicted molar refractivity (Wildman–Crippen MR) is 215 cm³/mol. The van der Waals surface area contributed by atoms with Crippen LogP contribution in [-0.2, 0) is 19.5 Å². The fourth-order valence-corrected chi connectivity index (χ4v) is 8.57. The standard InChI is InChI=1S/C23H18ClN5OS.C16H13ClN2OS/c1-31(30,17-5-3-2-4-6-17)29-16-7-8-20-18(13-16)21(9-10-25-20)27-22-11-15(24)12-23-19(22)14-26-28-23;1-21(20,13-5-3-2-4-6-13)19-12-7-8-16-14(11-12)15(17)9-10-18-16/h2-14H,1H3,(H,25,27)(H,26,28);2-11H,1H3/t31-;21-/m11/s1. The van der Waals surface area contributed by atoms with E-state index in [1.165, 1.54) is 0 Å². The van der Waals surface area contributed by atoms with Crippen molar-refractivity contribution in [3.05, 3.63) is 150 Å². The van der Waals surface area contributed by atoms with Gasteiger partial charge in [0.25, 0.3) is 0 Å². The van der Waals surface area contributed by atoms with Crippen molar-refractivity contribution in [2.24, 2.45) is 8.73 Å². The zero-order chi connectivity index (χ0) is 36.3. The fraction of sp³-hybridized carbons (Fsp3) is 0.0513. The lowest BCUT2D eigenvalue weighted by Gasteiger charge is -2.12. The fourth-order valence-electron chi connectivity index (χ4n) is 5.58. The van der Waals surface area contributed by atoms with E-state index in [4.69, 9.17) is 23.2 Å². The van der Waals surface area contributed by atoms with Gasteiger partial charge in [-0.1, -0.05) is 59.6 Å². The number of fused-ring (bicyclic) bond motifs is 3. The number of aromatic nitrogens is 4. The first-order chi connectivity index (χ1) is 25.1. The molecule has 0 fully saturated rings. The van der Waals surface area contributed by atoms with Gasteiger partial charge in [-0.05, 0) is 84.9 Å². The maximum absolute atomic E-state index is 13.2. The summed E-state index contributed by atoms with van der Waals surface area (Å²) >= 11 is 12.4. The van der Waals surface area contributed by atoms with Crippen LogP contribution in [-0.4, -0.2) is 41.1 Å². The average Bonchev–Trinajstić information content (AvgIpc) is 3.62. The Labute approximate surface area is 311 Å². The molecule has 52 heavy (non-hydrogen) atoms. The van der Waals surface area contributed by atoms with Gasteiger partial charge in [-0.25, -0.2) is 8.42 Å². The van der Waals surface area contributed by atoms with Crippen LogP contribution in [0.2, 0.25) is 10.0 Å². The van der Waals surface area contributed by atoms with Crippen molar-refractivity contribution in [1.82, 2.24) is 20.2 Å². The number of nitrogens with one attached hydrogen (secondary N) is 2. The summed E-state index contributed by atoms with van der Waals surface area (Å²) in [6.07, 6.45) is 8.44. The molecule has 9 nitrogen and oxygen atoms in total. The summed E-state index contributed by atoms with van der Waals surface area (Å²) in [4.78, 5) is 10.1. The van der Waals surface area contributed by atoms with Crippen LogP contribution in [0.25, 0.3) is 32.7 Å². The average molecular weight is 765 g/mol. The van der Waals surface area contributed by atoms with Gasteiger partial charge in [-0.3, -0.25) is 15.1 Å². The number of aromatic amines is 1. The van der Waals surface area contributed by atoms with Crippen LogP contribution in [0.1, 0.15) is 0 Å². The number of halogens is 2. The number of pyridine rings is 2. The third-order valence-electron chi connectivity index (χ3n) is 8.11. The second-order valence-corrected chi connectivity index (χ2v) is 17.2. The van der Waals surface area contributed by atoms with Crippen molar-refractivity contribution in [2.45, 2.75) is 9.79 Å². The zero-order valence-corrected chi connectivity index (χ0v) is 31.0. The molecule has 3 aromatic heterocycles. The Morgan fingerprint density at radius 1 is 0.615 bits per heavy atom. The van der Waals surface area contributed by atoms with Crippen molar-refractivity contribution >= 4 is 98.1 Å². The highest BCUT2D eigenvalue weighted by molar-refractivity contribution is 7.93. The van der Waals surface area contributed by atoms with Crippen molar-refractivity contribution in [3.8, 4) is 0 Å². The lowest BCUT2D eigenvalue weighted by Crippen LogP contribution is -1.96. The van der Waals surface area contributed by atoms with E-state index < -0.39 is 19.5 Å². The Kier molecular flexibility index (Phi) is 9.94.